The summed E-state index contributed by atoms with van der Waals surface area (Å²) < 4.78 is 48.7. The van der Waals surface area contributed by atoms with E-state index in [2.05, 4.69) is 0 Å². The summed E-state index contributed by atoms with van der Waals surface area (Å²) in [4.78, 5) is 1.36. The molecule has 0 N–H and O–H groups in total. The average Bonchev–Trinajstić information content (AvgIpc) is 3.03. The summed E-state index contributed by atoms with van der Waals surface area (Å²) >= 11 is 0. The number of ether oxygens (including phenoxy) is 2. The van der Waals surface area contributed by atoms with Gasteiger partial charge in [0.1, 0.15) is 15.2 Å². The first-order valence-corrected chi connectivity index (χ1v) is 11.0. The SMILES string of the molecule is COc1ccc(C2=CC(c3ccccc3OC)=S(O[Cl+3]([O-])([O-])[O-])S2)cc1. The third kappa shape index (κ3) is 4.41. The highest BCUT2D eigenvalue weighted by Gasteiger charge is 2.32. The van der Waals surface area contributed by atoms with Crippen LogP contribution in [0.2, 0.25) is 0 Å². The molecule has 0 saturated heterocycles. The molecule has 2 aromatic carbocycles. The van der Waals surface area contributed by atoms with Crippen LogP contribution in [0.1, 0.15) is 11.1 Å². The molecular formula is C17H15ClO6S2. The van der Waals surface area contributed by atoms with Crippen molar-refractivity contribution in [1.29, 1.82) is 0 Å². The minimum absolute atomic E-state index is 0.566. The standard InChI is InChI=1S/C17H15ClO6S2/c1-22-13-9-7-12(8-10-13)16-11-17(26(25-16)24-18(19,20)21)14-5-3-4-6-15(14)23-2/h3-11H,1-2H3. The van der Waals surface area contributed by atoms with Crippen LogP contribution in [0, 0.1) is 10.2 Å². The molecule has 0 aliphatic carbocycles. The van der Waals surface area contributed by atoms with E-state index < -0.39 is 20.0 Å². The lowest BCUT2D eigenvalue weighted by Crippen LogP contribution is -2.60. The van der Waals surface area contributed by atoms with E-state index in [1.807, 2.05) is 18.2 Å². The van der Waals surface area contributed by atoms with E-state index in [0.29, 0.717) is 21.9 Å². The van der Waals surface area contributed by atoms with Crippen LogP contribution in [-0.4, -0.2) is 19.1 Å². The van der Waals surface area contributed by atoms with Gasteiger partial charge >= 0.3 is 0 Å². The third-order valence-corrected chi connectivity index (χ3v) is 7.94. The Morgan fingerprint density at radius 3 is 2.23 bits per heavy atom. The van der Waals surface area contributed by atoms with Gasteiger partial charge in [-0.05, 0) is 40.6 Å². The number of allylic oxidation sites excluding steroid dienone is 1. The molecule has 0 fully saturated rings. The van der Waals surface area contributed by atoms with Crippen LogP contribution in [0.3, 0.4) is 0 Å². The fourth-order valence-electron chi connectivity index (χ4n) is 2.34. The molecule has 0 aromatic heterocycles. The van der Waals surface area contributed by atoms with Crippen molar-refractivity contribution in [1.82, 2.24) is 0 Å². The predicted octanol–water partition coefficient (Wildman–Crippen LogP) is 1.02. The van der Waals surface area contributed by atoms with Gasteiger partial charge in [0, 0.05) is 10.5 Å². The first kappa shape index (κ1) is 19.2. The fraction of sp³-hybridized carbons (Fsp3) is 0.118. The maximum atomic E-state index is 11.1. The average molecular weight is 415 g/mol. The lowest BCUT2D eigenvalue weighted by molar-refractivity contribution is -1.91. The summed E-state index contributed by atoms with van der Waals surface area (Å²) in [5, 5.41) is 0. The van der Waals surface area contributed by atoms with Crippen molar-refractivity contribution >= 4 is 30.4 Å². The van der Waals surface area contributed by atoms with Crippen molar-refractivity contribution in [2.24, 2.45) is 0 Å². The molecule has 3 rings (SSSR count). The summed E-state index contributed by atoms with van der Waals surface area (Å²) in [6.07, 6.45) is 1.81. The van der Waals surface area contributed by atoms with Gasteiger partial charge in [-0.2, -0.15) is 14.0 Å². The molecule has 9 heteroatoms. The lowest BCUT2D eigenvalue weighted by Gasteiger charge is -2.14. The first-order valence-electron chi connectivity index (χ1n) is 7.31. The van der Waals surface area contributed by atoms with Gasteiger partial charge in [-0.1, -0.05) is 30.3 Å². The van der Waals surface area contributed by atoms with Crippen molar-refractivity contribution in [2.75, 3.05) is 14.2 Å². The quantitative estimate of drug-likeness (QED) is 0.514. The molecule has 0 spiro atoms. The molecule has 6 nitrogen and oxygen atoms in total. The number of rotatable bonds is 6. The molecule has 1 aliphatic heterocycles. The number of halogens is 1. The topological polar surface area (TPSA) is 96.9 Å². The Bertz CT molecular complexity index is 858. The monoisotopic (exact) mass is 414 g/mol. The van der Waals surface area contributed by atoms with Crippen LogP contribution in [-0.2, 0) is 3.74 Å². The number of hydrogen-bond donors (Lipinski definition) is 0. The van der Waals surface area contributed by atoms with Crippen LogP contribution in [0.25, 0.3) is 4.91 Å². The van der Waals surface area contributed by atoms with Crippen LogP contribution >= 0.6 is 20.6 Å². The molecule has 138 valence electrons. The van der Waals surface area contributed by atoms with Gasteiger partial charge in [-0.15, -0.1) is 0 Å². The summed E-state index contributed by atoms with van der Waals surface area (Å²) in [6.45, 7) is 0. The van der Waals surface area contributed by atoms with Crippen molar-refractivity contribution in [3.8, 4) is 11.5 Å². The molecule has 0 saturated carbocycles. The summed E-state index contributed by atoms with van der Waals surface area (Å²) in [7, 11) is -1.61. The minimum Gasteiger partial charge on any atom is -0.497 e. The van der Waals surface area contributed by atoms with Crippen LogP contribution in [0.4, 0.5) is 0 Å². The highest BCUT2D eigenvalue weighted by atomic mass is 35.7. The summed E-state index contributed by atoms with van der Waals surface area (Å²) in [6, 6.07) is 14.5. The zero-order chi connectivity index (χ0) is 18.7. The van der Waals surface area contributed by atoms with Crippen molar-refractivity contribution in [3.05, 3.63) is 65.7 Å². The van der Waals surface area contributed by atoms with Gasteiger partial charge in [0.05, 0.1) is 29.3 Å². The maximum Gasteiger partial charge on any atom is 0.180 e. The van der Waals surface area contributed by atoms with E-state index in [1.165, 1.54) is 17.9 Å². The molecule has 1 heterocycles. The summed E-state index contributed by atoms with van der Waals surface area (Å²) in [5.74, 6) is 1.28. The molecule has 0 amide bonds. The molecular weight excluding hydrogens is 400 g/mol. The smallest absolute Gasteiger partial charge is 0.180 e. The van der Waals surface area contributed by atoms with Crippen LogP contribution < -0.4 is 23.5 Å². The number of para-hydroxylation sites is 1. The maximum absolute atomic E-state index is 11.1. The number of hydrogen-bond acceptors (Lipinski definition) is 7. The second-order valence-corrected chi connectivity index (χ2v) is 9.24. The lowest BCUT2D eigenvalue weighted by atomic mass is 10.1. The molecule has 2 aromatic rings. The van der Waals surface area contributed by atoms with Crippen LogP contribution in [0.15, 0.2) is 54.6 Å². The normalized spacial score (nSPS) is 17.2. The second kappa shape index (κ2) is 8.01. The van der Waals surface area contributed by atoms with Gasteiger partial charge in [-0.3, -0.25) is 0 Å². The minimum atomic E-state index is -4.57. The summed E-state index contributed by atoms with van der Waals surface area (Å²) in [5.41, 5.74) is 1.54. The second-order valence-electron chi connectivity index (χ2n) is 5.06. The Morgan fingerprint density at radius 2 is 1.62 bits per heavy atom. The van der Waals surface area contributed by atoms with Gasteiger partial charge in [0.2, 0.25) is 0 Å². The first-order chi connectivity index (χ1) is 12.4. The largest absolute Gasteiger partial charge is 0.497 e. The van der Waals surface area contributed by atoms with E-state index in [9.17, 15) is 14.0 Å². The zero-order valence-electron chi connectivity index (χ0n) is 13.8. The molecule has 1 aliphatic rings. The molecule has 26 heavy (non-hydrogen) atoms. The van der Waals surface area contributed by atoms with Crippen LogP contribution in [0.5, 0.6) is 11.5 Å². The van der Waals surface area contributed by atoms with E-state index >= 15 is 0 Å². The third-order valence-electron chi connectivity index (χ3n) is 3.49. The molecule has 1 unspecified atom stereocenters. The highest BCUT2D eigenvalue weighted by molar-refractivity contribution is 8.85. The molecule has 1 atom stereocenters. The van der Waals surface area contributed by atoms with E-state index in [1.54, 1.807) is 43.5 Å². The van der Waals surface area contributed by atoms with Crippen molar-refractivity contribution in [3.63, 3.8) is 0 Å². The predicted molar refractivity (Wildman–Crippen MR) is 94.3 cm³/mol. The van der Waals surface area contributed by atoms with Crippen molar-refractivity contribution < 1.29 is 37.4 Å². The highest BCUT2D eigenvalue weighted by Crippen LogP contribution is 2.52. The Balaban J connectivity index is 2.02. The van der Waals surface area contributed by atoms with E-state index in [-0.39, 0.29) is 0 Å². The van der Waals surface area contributed by atoms with E-state index in [4.69, 9.17) is 13.2 Å². The molecule has 0 bridgehead atoms. The van der Waals surface area contributed by atoms with Gasteiger partial charge in [0.25, 0.3) is 0 Å². The Morgan fingerprint density at radius 1 is 0.923 bits per heavy atom. The number of methoxy groups -OCH3 is 2. The molecule has 0 radical (unpaired) electrons. The fourth-order valence-corrected chi connectivity index (χ4v) is 6.96. The number of benzene rings is 2. The van der Waals surface area contributed by atoms with Gasteiger partial charge < -0.3 is 9.47 Å². The zero-order valence-corrected chi connectivity index (χ0v) is 16.2. The van der Waals surface area contributed by atoms with E-state index in [0.717, 1.165) is 10.5 Å². The Hall–Kier alpha value is -1.52. The Labute approximate surface area is 159 Å². The van der Waals surface area contributed by atoms with Crippen molar-refractivity contribution in [2.45, 2.75) is 0 Å². The van der Waals surface area contributed by atoms with Gasteiger partial charge in [0.15, 0.2) is 9.80 Å². The van der Waals surface area contributed by atoms with Gasteiger partial charge in [-0.25, -0.2) is 0 Å². The Kier molecular flexibility index (Phi) is 5.93.